The van der Waals surface area contributed by atoms with Crippen molar-refractivity contribution in [3.63, 3.8) is 0 Å². The zero-order valence-electron chi connectivity index (χ0n) is 10.2. The number of hydrogen-bond acceptors (Lipinski definition) is 2. The van der Waals surface area contributed by atoms with Gasteiger partial charge in [0.15, 0.2) is 0 Å². The zero-order valence-corrected chi connectivity index (χ0v) is 10.2. The van der Waals surface area contributed by atoms with Gasteiger partial charge in [-0.15, -0.1) is 0 Å². The van der Waals surface area contributed by atoms with Crippen LogP contribution in [0.3, 0.4) is 0 Å². The van der Waals surface area contributed by atoms with Gasteiger partial charge in [0, 0.05) is 6.04 Å². The van der Waals surface area contributed by atoms with Crippen LogP contribution in [0.15, 0.2) is 0 Å². The third kappa shape index (κ3) is 3.46. The summed E-state index contributed by atoms with van der Waals surface area (Å²) in [7, 11) is 0. The van der Waals surface area contributed by atoms with Gasteiger partial charge in [-0.05, 0) is 71.1 Å². The molecule has 0 saturated carbocycles. The van der Waals surface area contributed by atoms with Crippen LogP contribution in [0.5, 0.6) is 0 Å². The molecule has 1 unspecified atom stereocenters. The topological polar surface area (TPSA) is 15.3 Å². The molecule has 0 aromatic rings. The Morgan fingerprint density at radius 2 is 1.93 bits per heavy atom. The third-order valence-corrected chi connectivity index (χ3v) is 4.22. The Morgan fingerprint density at radius 1 is 1.13 bits per heavy atom. The van der Waals surface area contributed by atoms with E-state index in [1.165, 1.54) is 64.7 Å². The van der Waals surface area contributed by atoms with E-state index < -0.39 is 0 Å². The van der Waals surface area contributed by atoms with E-state index in [2.05, 4.69) is 17.1 Å². The van der Waals surface area contributed by atoms with Crippen LogP contribution >= 0.6 is 0 Å². The van der Waals surface area contributed by atoms with Gasteiger partial charge in [0.1, 0.15) is 0 Å². The largest absolute Gasteiger partial charge is 0.317 e. The van der Waals surface area contributed by atoms with Crippen molar-refractivity contribution in [3.05, 3.63) is 0 Å². The van der Waals surface area contributed by atoms with Crippen molar-refractivity contribution in [1.82, 2.24) is 10.2 Å². The van der Waals surface area contributed by atoms with Crippen LogP contribution in [0.25, 0.3) is 0 Å². The van der Waals surface area contributed by atoms with Crippen LogP contribution in [-0.4, -0.2) is 37.1 Å². The van der Waals surface area contributed by atoms with E-state index in [-0.39, 0.29) is 0 Å². The van der Waals surface area contributed by atoms with Crippen LogP contribution in [0.4, 0.5) is 0 Å². The van der Waals surface area contributed by atoms with Gasteiger partial charge in [0.2, 0.25) is 0 Å². The van der Waals surface area contributed by atoms with Crippen LogP contribution in [0.1, 0.15) is 45.4 Å². The maximum Gasteiger partial charge on any atom is 0.00669 e. The average molecular weight is 210 g/mol. The van der Waals surface area contributed by atoms with Crippen molar-refractivity contribution >= 4 is 0 Å². The number of rotatable bonds is 3. The fourth-order valence-corrected chi connectivity index (χ4v) is 3.01. The van der Waals surface area contributed by atoms with Crippen LogP contribution in [-0.2, 0) is 0 Å². The molecule has 0 radical (unpaired) electrons. The number of nitrogens with zero attached hydrogens (tertiary/aromatic N) is 1. The number of piperidine rings is 2. The summed E-state index contributed by atoms with van der Waals surface area (Å²) in [4.78, 5) is 2.71. The second-order valence-corrected chi connectivity index (χ2v) is 5.36. The van der Waals surface area contributed by atoms with E-state index in [0.29, 0.717) is 0 Å². The first-order valence-corrected chi connectivity index (χ1v) is 6.81. The molecule has 88 valence electrons. The summed E-state index contributed by atoms with van der Waals surface area (Å²) in [5, 5.41) is 3.45. The van der Waals surface area contributed by atoms with E-state index in [1.54, 1.807) is 0 Å². The van der Waals surface area contributed by atoms with Gasteiger partial charge in [-0.1, -0.05) is 6.42 Å². The Bertz CT molecular complexity index is 175. The number of nitrogens with one attached hydrogen (secondary N) is 1. The molecule has 1 atom stereocenters. The van der Waals surface area contributed by atoms with Gasteiger partial charge in [-0.2, -0.15) is 0 Å². The van der Waals surface area contributed by atoms with Gasteiger partial charge in [-0.25, -0.2) is 0 Å². The maximum atomic E-state index is 3.45. The lowest BCUT2D eigenvalue weighted by Crippen LogP contribution is -2.39. The molecule has 2 heteroatoms. The Labute approximate surface area is 94.4 Å². The molecule has 0 aromatic carbocycles. The highest BCUT2D eigenvalue weighted by Gasteiger charge is 2.20. The summed E-state index contributed by atoms with van der Waals surface area (Å²) >= 11 is 0. The first kappa shape index (κ1) is 11.4. The molecular weight excluding hydrogens is 184 g/mol. The van der Waals surface area contributed by atoms with E-state index >= 15 is 0 Å². The monoisotopic (exact) mass is 210 g/mol. The smallest absolute Gasteiger partial charge is 0.00669 e. The van der Waals surface area contributed by atoms with Gasteiger partial charge in [0.25, 0.3) is 0 Å². The molecule has 0 spiro atoms. The summed E-state index contributed by atoms with van der Waals surface area (Å²) in [5.74, 6) is 1.00. The number of likely N-dealkylation sites (tertiary alicyclic amines) is 1. The quantitative estimate of drug-likeness (QED) is 0.768. The molecule has 2 fully saturated rings. The molecule has 1 N–H and O–H groups in total. The highest BCUT2D eigenvalue weighted by molar-refractivity contribution is 4.75. The van der Waals surface area contributed by atoms with E-state index in [0.717, 1.165) is 12.0 Å². The zero-order chi connectivity index (χ0) is 10.5. The second-order valence-electron chi connectivity index (χ2n) is 5.36. The van der Waals surface area contributed by atoms with Crippen molar-refractivity contribution in [3.8, 4) is 0 Å². The third-order valence-electron chi connectivity index (χ3n) is 4.22. The molecule has 0 aliphatic carbocycles. The molecule has 2 saturated heterocycles. The van der Waals surface area contributed by atoms with Gasteiger partial charge in [0.05, 0.1) is 0 Å². The van der Waals surface area contributed by atoms with Crippen molar-refractivity contribution in [2.75, 3.05) is 26.2 Å². The van der Waals surface area contributed by atoms with Gasteiger partial charge in [-0.3, -0.25) is 0 Å². The van der Waals surface area contributed by atoms with E-state index in [4.69, 9.17) is 0 Å². The van der Waals surface area contributed by atoms with Crippen LogP contribution in [0, 0.1) is 5.92 Å². The molecule has 2 aliphatic heterocycles. The normalized spacial score (nSPS) is 30.6. The molecule has 15 heavy (non-hydrogen) atoms. The predicted molar refractivity (Wildman–Crippen MR) is 65.1 cm³/mol. The fraction of sp³-hybridized carbons (Fsp3) is 1.00. The highest BCUT2D eigenvalue weighted by Crippen LogP contribution is 2.20. The predicted octanol–water partition coefficient (Wildman–Crippen LogP) is 2.25. The minimum atomic E-state index is 0.848. The molecule has 0 bridgehead atoms. The van der Waals surface area contributed by atoms with Gasteiger partial charge >= 0.3 is 0 Å². The van der Waals surface area contributed by atoms with E-state index in [9.17, 15) is 0 Å². The van der Waals surface area contributed by atoms with E-state index in [1.807, 2.05) is 0 Å². The van der Waals surface area contributed by atoms with Gasteiger partial charge < -0.3 is 10.2 Å². The summed E-state index contributed by atoms with van der Waals surface area (Å²) in [5.41, 5.74) is 0. The lowest BCUT2D eigenvalue weighted by molar-refractivity contribution is 0.146. The maximum absolute atomic E-state index is 3.45. The molecule has 2 heterocycles. The molecule has 0 amide bonds. The summed E-state index contributed by atoms with van der Waals surface area (Å²) < 4.78 is 0. The molecular formula is C13H26N2. The minimum absolute atomic E-state index is 0.848. The lowest BCUT2D eigenvalue weighted by atomic mass is 9.93. The molecule has 0 aromatic heterocycles. The summed E-state index contributed by atoms with van der Waals surface area (Å²) in [6, 6.07) is 0.848. The fourth-order valence-electron chi connectivity index (χ4n) is 3.01. The van der Waals surface area contributed by atoms with Crippen molar-refractivity contribution in [2.45, 2.75) is 51.5 Å². The summed E-state index contributed by atoms with van der Waals surface area (Å²) in [6.07, 6.45) is 8.55. The second kappa shape index (κ2) is 5.86. The Morgan fingerprint density at radius 3 is 2.67 bits per heavy atom. The van der Waals surface area contributed by atoms with Crippen molar-refractivity contribution < 1.29 is 0 Å². The molecule has 2 aliphatic rings. The Balaban J connectivity index is 1.67. The first-order chi connectivity index (χ1) is 7.36. The SMILES string of the molecule is CC1CCCCN1CCC1CCNCC1. The molecule has 2 rings (SSSR count). The van der Waals surface area contributed by atoms with Crippen molar-refractivity contribution in [1.29, 1.82) is 0 Å². The number of hydrogen-bond donors (Lipinski definition) is 1. The molecule has 2 nitrogen and oxygen atoms in total. The summed E-state index contributed by atoms with van der Waals surface area (Å²) in [6.45, 7) is 7.61. The minimum Gasteiger partial charge on any atom is -0.317 e. The average Bonchev–Trinajstić information content (AvgIpc) is 2.29. The lowest BCUT2D eigenvalue weighted by Gasteiger charge is -2.34. The Hall–Kier alpha value is -0.0800. The standard InChI is InChI=1S/C13H26N2/c1-12-4-2-3-10-15(12)11-7-13-5-8-14-9-6-13/h12-14H,2-11H2,1H3. The highest BCUT2D eigenvalue weighted by atomic mass is 15.2. The first-order valence-electron chi connectivity index (χ1n) is 6.81. The van der Waals surface area contributed by atoms with Crippen LogP contribution in [0.2, 0.25) is 0 Å². The van der Waals surface area contributed by atoms with Crippen LogP contribution < -0.4 is 5.32 Å². The van der Waals surface area contributed by atoms with Crippen molar-refractivity contribution in [2.24, 2.45) is 5.92 Å². The Kier molecular flexibility index (Phi) is 4.45.